The van der Waals surface area contributed by atoms with E-state index >= 15 is 0 Å². The summed E-state index contributed by atoms with van der Waals surface area (Å²) in [5.74, 6) is 1.79. The van der Waals surface area contributed by atoms with E-state index in [2.05, 4.69) is 20.4 Å². The SMILES string of the molecule is C=C(C)[C@@H]1CCC/C(C(=O)OC)=C2/CC[C@H](C)[C@@H]2C1. The van der Waals surface area contributed by atoms with Gasteiger partial charge in [-0.05, 0) is 63.2 Å². The van der Waals surface area contributed by atoms with E-state index in [-0.39, 0.29) is 5.97 Å². The molecule has 19 heavy (non-hydrogen) atoms. The highest BCUT2D eigenvalue weighted by molar-refractivity contribution is 5.89. The number of rotatable bonds is 2. The topological polar surface area (TPSA) is 26.3 Å². The lowest BCUT2D eigenvalue weighted by Gasteiger charge is -2.28. The Bertz CT molecular complexity index is 405. The van der Waals surface area contributed by atoms with E-state index in [1.54, 1.807) is 0 Å². The molecule has 2 aliphatic carbocycles. The maximum atomic E-state index is 12.0. The number of carbonyl (C=O) groups is 1. The second-order valence-electron chi connectivity index (χ2n) is 6.29. The molecule has 0 unspecified atom stereocenters. The largest absolute Gasteiger partial charge is 0.466 e. The molecule has 0 aromatic heterocycles. The van der Waals surface area contributed by atoms with Crippen LogP contribution < -0.4 is 0 Å². The Balaban J connectivity index is 2.32. The summed E-state index contributed by atoms with van der Waals surface area (Å²) in [7, 11) is 1.50. The van der Waals surface area contributed by atoms with Crippen LogP contribution in [0.1, 0.15) is 52.4 Å². The van der Waals surface area contributed by atoms with Crippen LogP contribution in [0.25, 0.3) is 0 Å². The van der Waals surface area contributed by atoms with Gasteiger partial charge < -0.3 is 4.74 Å². The second-order valence-corrected chi connectivity index (χ2v) is 6.29. The zero-order chi connectivity index (χ0) is 14.0. The Kier molecular flexibility index (Phi) is 4.49. The van der Waals surface area contributed by atoms with Gasteiger partial charge in [0.1, 0.15) is 0 Å². The minimum absolute atomic E-state index is 0.0946. The first-order valence-corrected chi connectivity index (χ1v) is 7.50. The molecular weight excluding hydrogens is 236 g/mol. The third-order valence-electron chi connectivity index (χ3n) is 5.04. The van der Waals surface area contributed by atoms with Crippen molar-refractivity contribution in [2.45, 2.75) is 52.4 Å². The maximum absolute atomic E-state index is 12.0. The number of carbonyl (C=O) groups excluding carboxylic acids is 1. The Hall–Kier alpha value is -1.05. The zero-order valence-corrected chi connectivity index (χ0v) is 12.5. The molecule has 2 nitrogen and oxygen atoms in total. The minimum Gasteiger partial charge on any atom is -0.466 e. The van der Waals surface area contributed by atoms with E-state index in [1.807, 2.05) is 0 Å². The number of fused-ring (bicyclic) bond motifs is 1. The molecule has 0 bridgehead atoms. The lowest BCUT2D eigenvalue weighted by Crippen LogP contribution is -2.19. The van der Waals surface area contributed by atoms with Crippen LogP contribution in [0.4, 0.5) is 0 Å². The highest BCUT2D eigenvalue weighted by Crippen LogP contribution is 2.45. The summed E-state index contributed by atoms with van der Waals surface area (Å²) in [6.45, 7) is 8.63. The van der Waals surface area contributed by atoms with Gasteiger partial charge >= 0.3 is 5.97 Å². The van der Waals surface area contributed by atoms with Crippen molar-refractivity contribution in [1.82, 2.24) is 0 Å². The highest BCUT2D eigenvalue weighted by atomic mass is 16.5. The Labute approximate surface area is 116 Å². The molecule has 106 valence electrons. The molecule has 0 amide bonds. The van der Waals surface area contributed by atoms with Crippen LogP contribution in [0, 0.1) is 17.8 Å². The van der Waals surface area contributed by atoms with E-state index in [9.17, 15) is 4.79 Å². The van der Waals surface area contributed by atoms with Crippen molar-refractivity contribution in [3.8, 4) is 0 Å². The fourth-order valence-electron chi connectivity index (χ4n) is 3.78. The molecule has 2 aliphatic rings. The first-order chi connectivity index (χ1) is 9.04. The van der Waals surface area contributed by atoms with Crippen molar-refractivity contribution in [2.75, 3.05) is 7.11 Å². The van der Waals surface area contributed by atoms with Crippen molar-refractivity contribution in [3.05, 3.63) is 23.3 Å². The van der Waals surface area contributed by atoms with Gasteiger partial charge in [-0.25, -0.2) is 4.79 Å². The monoisotopic (exact) mass is 262 g/mol. The molecule has 3 atom stereocenters. The summed E-state index contributed by atoms with van der Waals surface area (Å²) < 4.78 is 4.99. The number of hydrogen-bond donors (Lipinski definition) is 0. The molecule has 1 saturated carbocycles. The predicted molar refractivity (Wildman–Crippen MR) is 77.7 cm³/mol. The van der Waals surface area contributed by atoms with Crippen LogP contribution in [0.15, 0.2) is 23.3 Å². The van der Waals surface area contributed by atoms with Crippen molar-refractivity contribution >= 4 is 5.97 Å². The van der Waals surface area contributed by atoms with E-state index in [0.717, 1.165) is 31.3 Å². The first kappa shape index (κ1) is 14.4. The fraction of sp³-hybridized carbons (Fsp3) is 0.706. The summed E-state index contributed by atoms with van der Waals surface area (Å²) >= 11 is 0. The van der Waals surface area contributed by atoms with Gasteiger partial charge in [0, 0.05) is 5.57 Å². The molecule has 1 fully saturated rings. The quantitative estimate of drug-likeness (QED) is 0.549. The highest BCUT2D eigenvalue weighted by Gasteiger charge is 2.35. The molecule has 0 saturated heterocycles. The molecule has 2 heteroatoms. The van der Waals surface area contributed by atoms with Gasteiger partial charge in [0.05, 0.1) is 7.11 Å². The van der Waals surface area contributed by atoms with Crippen LogP contribution in [-0.2, 0) is 9.53 Å². The molecule has 0 spiro atoms. The van der Waals surface area contributed by atoms with Gasteiger partial charge in [0.15, 0.2) is 0 Å². The van der Waals surface area contributed by atoms with E-state index in [1.165, 1.54) is 31.1 Å². The van der Waals surface area contributed by atoms with Crippen molar-refractivity contribution in [2.24, 2.45) is 17.8 Å². The first-order valence-electron chi connectivity index (χ1n) is 7.50. The fourth-order valence-corrected chi connectivity index (χ4v) is 3.78. The average molecular weight is 262 g/mol. The van der Waals surface area contributed by atoms with Gasteiger partial charge in [-0.1, -0.05) is 24.6 Å². The molecule has 0 heterocycles. The van der Waals surface area contributed by atoms with Gasteiger partial charge in [0.2, 0.25) is 0 Å². The molecular formula is C17H26O2. The van der Waals surface area contributed by atoms with Gasteiger partial charge in [0.25, 0.3) is 0 Å². The second kappa shape index (κ2) is 5.94. The van der Waals surface area contributed by atoms with Crippen LogP contribution in [0.2, 0.25) is 0 Å². The molecule has 0 aliphatic heterocycles. The van der Waals surface area contributed by atoms with E-state index in [4.69, 9.17) is 4.74 Å². The standard InChI is InChI=1S/C17H26O2/c1-11(2)13-6-5-7-15(17(18)19-4)14-9-8-12(3)16(14)10-13/h12-13,16H,1,5-10H2,2-4H3/b15-14+/t12-,13+,16-/m0/s1. The third kappa shape index (κ3) is 2.93. The predicted octanol–water partition coefficient (Wildman–Crippen LogP) is 4.27. The van der Waals surface area contributed by atoms with Crippen LogP contribution in [0.5, 0.6) is 0 Å². The van der Waals surface area contributed by atoms with Crippen LogP contribution in [-0.4, -0.2) is 13.1 Å². The normalized spacial score (nSPS) is 35.2. The summed E-state index contributed by atoms with van der Waals surface area (Å²) in [5.41, 5.74) is 3.68. The maximum Gasteiger partial charge on any atom is 0.333 e. The minimum atomic E-state index is -0.0946. The Morgan fingerprint density at radius 3 is 2.68 bits per heavy atom. The molecule has 0 aromatic carbocycles. The van der Waals surface area contributed by atoms with Crippen molar-refractivity contribution in [3.63, 3.8) is 0 Å². The number of allylic oxidation sites excluding steroid dienone is 2. The van der Waals surface area contributed by atoms with Gasteiger partial charge in [-0.2, -0.15) is 0 Å². The van der Waals surface area contributed by atoms with E-state index < -0.39 is 0 Å². The Morgan fingerprint density at radius 2 is 2.05 bits per heavy atom. The smallest absolute Gasteiger partial charge is 0.333 e. The van der Waals surface area contributed by atoms with E-state index in [0.29, 0.717) is 17.8 Å². The molecule has 0 aromatic rings. The number of ether oxygens (including phenoxy) is 1. The summed E-state index contributed by atoms with van der Waals surface area (Å²) in [4.78, 5) is 12.0. The molecule has 2 rings (SSSR count). The number of methoxy groups -OCH3 is 1. The summed E-state index contributed by atoms with van der Waals surface area (Å²) in [5, 5.41) is 0. The number of hydrogen-bond acceptors (Lipinski definition) is 2. The van der Waals surface area contributed by atoms with Crippen molar-refractivity contribution in [1.29, 1.82) is 0 Å². The number of esters is 1. The summed E-state index contributed by atoms with van der Waals surface area (Å²) in [6, 6.07) is 0. The van der Waals surface area contributed by atoms with Crippen LogP contribution >= 0.6 is 0 Å². The van der Waals surface area contributed by atoms with Gasteiger partial charge in [-0.3, -0.25) is 0 Å². The lowest BCUT2D eigenvalue weighted by atomic mass is 9.77. The zero-order valence-electron chi connectivity index (χ0n) is 12.5. The van der Waals surface area contributed by atoms with Crippen LogP contribution in [0.3, 0.4) is 0 Å². The Morgan fingerprint density at radius 1 is 1.32 bits per heavy atom. The summed E-state index contributed by atoms with van der Waals surface area (Å²) in [6.07, 6.45) is 6.59. The molecule has 0 radical (unpaired) electrons. The van der Waals surface area contributed by atoms with Gasteiger partial charge in [-0.15, -0.1) is 0 Å². The third-order valence-corrected chi connectivity index (χ3v) is 5.04. The molecule has 0 N–H and O–H groups in total. The lowest BCUT2D eigenvalue weighted by molar-refractivity contribution is -0.136. The average Bonchev–Trinajstić information content (AvgIpc) is 2.69. The van der Waals surface area contributed by atoms with Crippen molar-refractivity contribution < 1.29 is 9.53 Å².